The molecule has 0 aliphatic rings. The van der Waals surface area contributed by atoms with Crippen LogP contribution in [0.1, 0.15) is 36.8 Å². The topological polar surface area (TPSA) is 90.0 Å². The van der Waals surface area contributed by atoms with E-state index in [9.17, 15) is 9.59 Å². The fourth-order valence-electron chi connectivity index (χ4n) is 3.09. The van der Waals surface area contributed by atoms with Gasteiger partial charge in [0.25, 0.3) is 5.91 Å². The Bertz CT molecular complexity index is 971. The van der Waals surface area contributed by atoms with Crippen molar-refractivity contribution in [3.63, 3.8) is 0 Å². The van der Waals surface area contributed by atoms with Gasteiger partial charge in [-0.05, 0) is 17.0 Å². The molecule has 1 heterocycles. The number of carbonyl (C=O) groups excluding carboxylic acids is 2. The lowest BCUT2D eigenvalue weighted by atomic mass is 9.86. The van der Waals surface area contributed by atoms with E-state index in [0.717, 1.165) is 16.5 Å². The van der Waals surface area contributed by atoms with Crippen LogP contribution in [0.3, 0.4) is 0 Å². The Hall–Kier alpha value is -3.15. The number of hydrogen-bond acceptors (Lipinski definition) is 3. The number of hydrogen-bond donors (Lipinski definition) is 2. The van der Waals surface area contributed by atoms with E-state index in [4.69, 9.17) is 5.73 Å². The molecule has 2 aromatic carbocycles. The third kappa shape index (κ3) is 4.00. The lowest BCUT2D eigenvalue weighted by molar-refractivity contribution is -0.122. The number of nitrogens with one attached hydrogen (secondary N) is 1. The largest absolute Gasteiger partial charge is 0.368 e. The summed E-state index contributed by atoms with van der Waals surface area (Å²) in [6.07, 6.45) is 0. The van der Waals surface area contributed by atoms with E-state index in [1.165, 1.54) is 0 Å². The molecular formula is C21H24N4O2. The third-order valence-electron chi connectivity index (χ3n) is 4.47. The molecule has 0 aliphatic heterocycles. The number of amides is 2. The fraction of sp³-hybridized carbons (Fsp3) is 0.286. The lowest BCUT2D eigenvalue weighted by Gasteiger charge is -2.28. The number of nitrogens with two attached hydrogens (primary N) is 1. The molecule has 0 spiro atoms. The summed E-state index contributed by atoms with van der Waals surface area (Å²) >= 11 is 0. The molecular weight excluding hydrogens is 340 g/mol. The summed E-state index contributed by atoms with van der Waals surface area (Å²) in [6, 6.07) is 16.7. The molecule has 0 unspecified atom stereocenters. The van der Waals surface area contributed by atoms with Crippen LogP contribution in [0.4, 0.5) is 0 Å². The van der Waals surface area contributed by atoms with Crippen molar-refractivity contribution >= 4 is 22.7 Å². The van der Waals surface area contributed by atoms with Gasteiger partial charge in [0, 0.05) is 5.39 Å². The Morgan fingerprint density at radius 2 is 1.70 bits per heavy atom. The number of nitrogens with zero attached hydrogens (tertiary/aromatic N) is 2. The molecule has 6 heteroatoms. The van der Waals surface area contributed by atoms with Crippen LogP contribution >= 0.6 is 0 Å². The van der Waals surface area contributed by atoms with Gasteiger partial charge in [-0.2, -0.15) is 5.10 Å². The highest BCUT2D eigenvalue weighted by Gasteiger charge is 2.32. The molecule has 1 atom stereocenters. The van der Waals surface area contributed by atoms with Gasteiger partial charge in [-0.15, -0.1) is 0 Å². The Morgan fingerprint density at radius 1 is 1.07 bits per heavy atom. The summed E-state index contributed by atoms with van der Waals surface area (Å²) in [5.74, 6) is -0.972. The molecule has 0 fully saturated rings. The van der Waals surface area contributed by atoms with Crippen LogP contribution in [0.25, 0.3) is 10.9 Å². The number of fused-ring (bicyclic) bond motifs is 1. The third-order valence-corrected chi connectivity index (χ3v) is 4.47. The zero-order valence-corrected chi connectivity index (χ0v) is 15.8. The molecule has 27 heavy (non-hydrogen) atoms. The van der Waals surface area contributed by atoms with Crippen molar-refractivity contribution in [3.05, 3.63) is 65.9 Å². The first-order valence-corrected chi connectivity index (χ1v) is 8.87. The van der Waals surface area contributed by atoms with E-state index >= 15 is 0 Å². The minimum absolute atomic E-state index is 0.289. The van der Waals surface area contributed by atoms with Crippen LogP contribution in [0.2, 0.25) is 0 Å². The Balaban J connectivity index is 1.97. The van der Waals surface area contributed by atoms with Crippen LogP contribution in [-0.2, 0) is 11.3 Å². The van der Waals surface area contributed by atoms with E-state index in [0.29, 0.717) is 6.54 Å². The van der Waals surface area contributed by atoms with E-state index in [1.54, 1.807) is 4.68 Å². The summed E-state index contributed by atoms with van der Waals surface area (Å²) in [6.45, 7) is 6.12. The first-order chi connectivity index (χ1) is 12.8. The van der Waals surface area contributed by atoms with Gasteiger partial charge >= 0.3 is 0 Å². The maximum atomic E-state index is 12.9. The molecule has 0 radical (unpaired) electrons. The molecule has 3 rings (SSSR count). The zero-order valence-electron chi connectivity index (χ0n) is 15.8. The molecule has 0 saturated carbocycles. The van der Waals surface area contributed by atoms with E-state index in [1.807, 2.05) is 75.4 Å². The standard InChI is InChI=1S/C21H24N4O2/c1-21(2,3)18(19(22)26)23-20(27)17-15-11-7-8-12-16(15)25(24-17)13-14-9-5-4-6-10-14/h4-12,18H,13H2,1-3H3,(H2,22,26)(H,23,27)/t18-/m0/s1. The van der Waals surface area contributed by atoms with Crippen LogP contribution < -0.4 is 11.1 Å². The minimum atomic E-state index is -0.789. The van der Waals surface area contributed by atoms with Crippen molar-refractivity contribution < 1.29 is 9.59 Å². The highest BCUT2D eigenvalue weighted by atomic mass is 16.2. The molecule has 3 aromatic rings. The maximum absolute atomic E-state index is 12.9. The Kier molecular flexibility index (Phi) is 4.99. The van der Waals surface area contributed by atoms with Gasteiger partial charge in [-0.25, -0.2) is 0 Å². The number of carbonyl (C=O) groups is 2. The van der Waals surface area contributed by atoms with E-state index < -0.39 is 23.3 Å². The lowest BCUT2D eigenvalue weighted by Crippen LogP contribution is -2.52. The molecule has 0 aliphatic carbocycles. The number of para-hydroxylation sites is 1. The molecule has 2 amide bonds. The smallest absolute Gasteiger partial charge is 0.273 e. The Morgan fingerprint density at radius 3 is 2.33 bits per heavy atom. The van der Waals surface area contributed by atoms with Crippen LogP contribution in [0.15, 0.2) is 54.6 Å². The number of benzene rings is 2. The predicted molar refractivity (Wildman–Crippen MR) is 105 cm³/mol. The van der Waals surface area contributed by atoms with Gasteiger partial charge in [-0.3, -0.25) is 14.3 Å². The summed E-state index contributed by atoms with van der Waals surface area (Å²) in [4.78, 5) is 24.7. The SMILES string of the molecule is CC(C)(C)[C@@H](NC(=O)c1nn(Cc2ccccc2)c2ccccc12)C(N)=O. The first-order valence-electron chi connectivity index (χ1n) is 8.87. The van der Waals surface area contributed by atoms with Gasteiger partial charge in [-0.1, -0.05) is 69.3 Å². The number of aromatic nitrogens is 2. The zero-order chi connectivity index (χ0) is 19.6. The molecule has 0 saturated heterocycles. The average molecular weight is 364 g/mol. The summed E-state index contributed by atoms with van der Waals surface area (Å²) in [7, 11) is 0. The van der Waals surface area contributed by atoms with Crippen LogP contribution in [0.5, 0.6) is 0 Å². The fourth-order valence-corrected chi connectivity index (χ4v) is 3.09. The van der Waals surface area contributed by atoms with Crippen LogP contribution in [0, 0.1) is 5.41 Å². The van der Waals surface area contributed by atoms with Crippen LogP contribution in [-0.4, -0.2) is 27.6 Å². The molecule has 3 N–H and O–H groups in total. The average Bonchev–Trinajstić information content (AvgIpc) is 2.98. The number of rotatable bonds is 5. The van der Waals surface area contributed by atoms with Crippen molar-refractivity contribution in [2.45, 2.75) is 33.4 Å². The van der Waals surface area contributed by atoms with Crippen molar-refractivity contribution in [2.24, 2.45) is 11.1 Å². The van der Waals surface area contributed by atoms with E-state index in [-0.39, 0.29) is 5.69 Å². The highest BCUT2D eigenvalue weighted by molar-refractivity contribution is 6.06. The number of primary amides is 1. The highest BCUT2D eigenvalue weighted by Crippen LogP contribution is 2.22. The van der Waals surface area contributed by atoms with E-state index in [2.05, 4.69) is 10.4 Å². The second-order valence-electron chi connectivity index (χ2n) is 7.68. The predicted octanol–water partition coefficient (Wildman–Crippen LogP) is 2.71. The van der Waals surface area contributed by atoms with Crippen molar-refractivity contribution in [2.75, 3.05) is 0 Å². The van der Waals surface area contributed by atoms with Gasteiger partial charge in [0.1, 0.15) is 6.04 Å². The summed E-state index contributed by atoms with van der Waals surface area (Å²) in [5.41, 5.74) is 7.23. The second-order valence-corrected chi connectivity index (χ2v) is 7.68. The van der Waals surface area contributed by atoms with Gasteiger partial charge in [0.05, 0.1) is 12.1 Å². The van der Waals surface area contributed by atoms with Crippen molar-refractivity contribution in [1.82, 2.24) is 15.1 Å². The monoisotopic (exact) mass is 364 g/mol. The summed E-state index contributed by atoms with van der Waals surface area (Å²) in [5, 5.41) is 8.02. The quantitative estimate of drug-likeness (QED) is 0.729. The van der Waals surface area contributed by atoms with Gasteiger partial charge in [0.15, 0.2) is 5.69 Å². The maximum Gasteiger partial charge on any atom is 0.273 e. The molecule has 6 nitrogen and oxygen atoms in total. The molecule has 140 valence electrons. The Labute approximate surface area is 158 Å². The van der Waals surface area contributed by atoms with Gasteiger partial charge in [0.2, 0.25) is 5.91 Å². The van der Waals surface area contributed by atoms with Crippen molar-refractivity contribution in [3.8, 4) is 0 Å². The van der Waals surface area contributed by atoms with Crippen molar-refractivity contribution in [1.29, 1.82) is 0 Å². The first kappa shape index (κ1) is 18.6. The van der Waals surface area contributed by atoms with Gasteiger partial charge < -0.3 is 11.1 Å². The molecule has 0 bridgehead atoms. The molecule has 1 aromatic heterocycles. The second kappa shape index (κ2) is 7.23. The minimum Gasteiger partial charge on any atom is -0.368 e. The normalized spacial score (nSPS) is 12.7. The summed E-state index contributed by atoms with van der Waals surface area (Å²) < 4.78 is 1.80.